The molecule has 0 aliphatic heterocycles. The summed E-state index contributed by atoms with van der Waals surface area (Å²) >= 11 is 0. The van der Waals surface area contributed by atoms with E-state index in [0.717, 1.165) is 25.7 Å². The van der Waals surface area contributed by atoms with Crippen LogP contribution in [0.4, 0.5) is 0 Å². The van der Waals surface area contributed by atoms with Gasteiger partial charge in [0.15, 0.2) is 0 Å². The van der Waals surface area contributed by atoms with Crippen molar-refractivity contribution in [1.29, 1.82) is 0 Å². The van der Waals surface area contributed by atoms with Crippen molar-refractivity contribution in [2.24, 2.45) is 11.5 Å². The summed E-state index contributed by atoms with van der Waals surface area (Å²) < 4.78 is 0. The Bertz CT molecular complexity index is 106. The minimum absolute atomic E-state index is 0.0764. The fraction of sp³-hybridized carbons (Fsp3) is 1.00. The van der Waals surface area contributed by atoms with Gasteiger partial charge >= 0.3 is 0 Å². The summed E-state index contributed by atoms with van der Waals surface area (Å²) in [6.07, 6.45) is 4.62. The van der Waals surface area contributed by atoms with Crippen LogP contribution < -0.4 is 11.5 Å². The van der Waals surface area contributed by atoms with E-state index in [4.69, 9.17) is 11.5 Å². The second-order valence-corrected chi connectivity index (χ2v) is 3.31. The SMILES string of the molecule is NC1(C2(N)CC2)CC1. The Morgan fingerprint density at radius 1 is 0.750 bits per heavy atom. The lowest BCUT2D eigenvalue weighted by Gasteiger charge is -2.15. The first kappa shape index (κ1) is 4.77. The molecule has 2 saturated carbocycles. The molecule has 0 aromatic heterocycles. The second-order valence-electron chi connectivity index (χ2n) is 3.31. The lowest BCUT2D eigenvalue weighted by molar-refractivity contribution is 0.499. The molecule has 46 valence electrons. The van der Waals surface area contributed by atoms with Crippen molar-refractivity contribution in [3.05, 3.63) is 0 Å². The largest absolute Gasteiger partial charge is 0.324 e. The molecule has 8 heavy (non-hydrogen) atoms. The first-order valence-electron chi connectivity index (χ1n) is 3.24. The highest BCUT2D eigenvalue weighted by Crippen LogP contribution is 2.53. The van der Waals surface area contributed by atoms with Crippen molar-refractivity contribution >= 4 is 0 Å². The maximum absolute atomic E-state index is 5.86. The number of hydrogen-bond donors (Lipinski definition) is 2. The maximum atomic E-state index is 5.86. The van der Waals surface area contributed by atoms with E-state index in [9.17, 15) is 0 Å². The van der Waals surface area contributed by atoms with Gasteiger partial charge in [0, 0.05) is 11.1 Å². The van der Waals surface area contributed by atoms with Crippen LogP contribution in [0.1, 0.15) is 25.7 Å². The molecule has 0 aromatic carbocycles. The van der Waals surface area contributed by atoms with E-state index in [1.807, 2.05) is 0 Å². The van der Waals surface area contributed by atoms with Gasteiger partial charge in [-0.1, -0.05) is 0 Å². The van der Waals surface area contributed by atoms with Crippen LogP contribution in [-0.4, -0.2) is 11.1 Å². The standard InChI is InChI=1S/C6H12N2/c7-5(1-2-5)6(8)3-4-6/h1-4,7-8H2. The Morgan fingerprint density at radius 2 is 1.00 bits per heavy atom. The minimum atomic E-state index is 0.0764. The van der Waals surface area contributed by atoms with Crippen LogP contribution in [0.2, 0.25) is 0 Å². The van der Waals surface area contributed by atoms with Crippen LogP contribution >= 0.6 is 0 Å². The fourth-order valence-electron chi connectivity index (χ4n) is 1.27. The zero-order valence-corrected chi connectivity index (χ0v) is 4.98. The monoisotopic (exact) mass is 112 g/mol. The molecule has 0 radical (unpaired) electrons. The van der Waals surface area contributed by atoms with Gasteiger partial charge in [-0.25, -0.2) is 0 Å². The Morgan fingerprint density at radius 3 is 1.12 bits per heavy atom. The van der Waals surface area contributed by atoms with E-state index >= 15 is 0 Å². The van der Waals surface area contributed by atoms with Gasteiger partial charge in [-0.2, -0.15) is 0 Å². The zero-order valence-electron chi connectivity index (χ0n) is 4.98. The highest BCUT2D eigenvalue weighted by Gasteiger charge is 2.60. The molecule has 0 spiro atoms. The molecule has 2 rings (SSSR count). The Labute approximate surface area is 49.2 Å². The minimum Gasteiger partial charge on any atom is -0.324 e. The molecule has 0 amide bonds. The van der Waals surface area contributed by atoms with Crippen molar-refractivity contribution in [3.63, 3.8) is 0 Å². The van der Waals surface area contributed by atoms with Gasteiger partial charge in [0.25, 0.3) is 0 Å². The van der Waals surface area contributed by atoms with Gasteiger partial charge in [0.1, 0.15) is 0 Å². The summed E-state index contributed by atoms with van der Waals surface area (Å²) in [7, 11) is 0. The normalized spacial score (nSPS) is 36.8. The van der Waals surface area contributed by atoms with Gasteiger partial charge in [-0.15, -0.1) is 0 Å². The molecule has 4 N–H and O–H groups in total. The number of nitrogens with two attached hydrogens (primary N) is 2. The summed E-state index contributed by atoms with van der Waals surface area (Å²) in [5.41, 5.74) is 11.9. The molecule has 0 saturated heterocycles. The molecular formula is C6H12N2. The lowest BCUT2D eigenvalue weighted by atomic mass is 10.1. The van der Waals surface area contributed by atoms with Crippen molar-refractivity contribution in [1.82, 2.24) is 0 Å². The van der Waals surface area contributed by atoms with Crippen LogP contribution in [0.25, 0.3) is 0 Å². The van der Waals surface area contributed by atoms with Crippen LogP contribution in [0.15, 0.2) is 0 Å². The number of hydrogen-bond acceptors (Lipinski definition) is 2. The van der Waals surface area contributed by atoms with Crippen LogP contribution in [0.5, 0.6) is 0 Å². The molecule has 2 aliphatic rings. The van der Waals surface area contributed by atoms with E-state index < -0.39 is 0 Å². The third-order valence-electron chi connectivity index (χ3n) is 2.57. The first-order chi connectivity index (χ1) is 3.66. The Hall–Kier alpha value is -0.0800. The van der Waals surface area contributed by atoms with Crippen LogP contribution in [0.3, 0.4) is 0 Å². The van der Waals surface area contributed by atoms with Gasteiger partial charge < -0.3 is 11.5 Å². The molecule has 0 unspecified atom stereocenters. The van der Waals surface area contributed by atoms with E-state index in [1.165, 1.54) is 0 Å². The van der Waals surface area contributed by atoms with Crippen LogP contribution in [-0.2, 0) is 0 Å². The van der Waals surface area contributed by atoms with Gasteiger partial charge in [0.2, 0.25) is 0 Å². The van der Waals surface area contributed by atoms with E-state index in [-0.39, 0.29) is 11.1 Å². The molecule has 2 nitrogen and oxygen atoms in total. The van der Waals surface area contributed by atoms with Gasteiger partial charge in [-0.3, -0.25) is 0 Å². The van der Waals surface area contributed by atoms with Crippen molar-refractivity contribution in [3.8, 4) is 0 Å². The smallest absolute Gasteiger partial charge is 0.0338 e. The molecule has 0 aromatic rings. The molecular weight excluding hydrogens is 100 g/mol. The third kappa shape index (κ3) is 0.400. The zero-order chi connectivity index (χ0) is 5.83. The molecule has 0 atom stereocenters. The summed E-state index contributed by atoms with van der Waals surface area (Å²) in [5.74, 6) is 0. The average Bonchev–Trinajstić information content (AvgIpc) is 2.46. The topological polar surface area (TPSA) is 52.0 Å². The highest BCUT2D eigenvalue weighted by molar-refractivity contribution is 5.23. The third-order valence-corrected chi connectivity index (χ3v) is 2.57. The molecule has 2 fully saturated rings. The summed E-state index contributed by atoms with van der Waals surface area (Å²) in [5, 5.41) is 0. The van der Waals surface area contributed by atoms with Crippen molar-refractivity contribution in [2.75, 3.05) is 0 Å². The van der Waals surface area contributed by atoms with Crippen molar-refractivity contribution < 1.29 is 0 Å². The summed E-state index contributed by atoms with van der Waals surface area (Å²) in [6, 6.07) is 0. The summed E-state index contributed by atoms with van der Waals surface area (Å²) in [6.45, 7) is 0. The predicted octanol–water partition coefficient (Wildman–Crippen LogP) is -0.0310. The van der Waals surface area contributed by atoms with E-state index in [0.29, 0.717) is 0 Å². The summed E-state index contributed by atoms with van der Waals surface area (Å²) in [4.78, 5) is 0. The quantitative estimate of drug-likeness (QED) is 0.500. The van der Waals surface area contributed by atoms with Gasteiger partial charge in [-0.05, 0) is 25.7 Å². The molecule has 2 aliphatic carbocycles. The Balaban J connectivity index is 2.15. The molecule has 0 heterocycles. The number of rotatable bonds is 1. The van der Waals surface area contributed by atoms with Gasteiger partial charge in [0.05, 0.1) is 0 Å². The average molecular weight is 112 g/mol. The lowest BCUT2D eigenvalue weighted by Crippen LogP contribution is -2.46. The molecule has 2 heteroatoms. The fourth-order valence-corrected chi connectivity index (χ4v) is 1.27. The molecule has 0 bridgehead atoms. The van der Waals surface area contributed by atoms with Crippen LogP contribution in [0, 0.1) is 0 Å². The van der Waals surface area contributed by atoms with E-state index in [2.05, 4.69) is 0 Å². The Kier molecular flexibility index (Phi) is 0.570. The van der Waals surface area contributed by atoms with Crippen molar-refractivity contribution in [2.45, 2.75) is 36.8 Å². The van der Waals surface area contributed by atoms with E-state index in [1.54, 1.807) is 0 Å². The first-order valence-corrected chi connectivity index (χ1v) is 3.24. The maximum Gasteiger partial charge on any atom is 0.0338 e. The predicted molar refractivity (Wildman–Crippen MR) is 32.3 cm³/mol. The second kappa shape index (κ2) is 0.957. The highest BCUT2D eigenvalue weighted by atomic mass is 15.0.